The molecule has 1 heterocycles. The van der Waals surface area contributed by atoms with Crippen molar-refractivity contribution in [2.45, 2.75) is 12.8 Å². The van der Waals surface area contributed by atoms with Gasteiger partial charge in [0.05, 0.1) is 0 Å². The van der Waals surface area contributed by atoms with Crippen LogP contribution in [-0.2, 0) is 0 Å². The maximum absolute atomic E-state index is 10.2. The van der Waals surface area contributed by atoms with Crippen LogP contribution in [0.15, 0.2) is 0 Å². The molecule has 1 rings (SSSR count). The van der Waals surface area contributed by atoms with Gasteiger partial charge >= 0.3 is 0 Å². The SMILES string of the molecule is NC(=S)S.O=[N+]1CCCC1. The van der Waals surface area contributed by atoms with E-state index in [9.17, 15) is 4.91 Å². The fourth-order valence-corrected chi connectivity index (χ4v) is 0.688. The Balaban J connectivity index is 0.000000180. The summed E-state index contributed by atoms with van der Waals surface area (Å²) in [7, 11) is 0. The quantitative estimate of drug-likeness (QED) is 0.327. The summed E-state index contributed by atoms with van der Waals surface area (Å²) < 4.78 is 1.31. The molecular formula is C5H11N2OS2+. The number of nitroso groups, excluding NO2 is 1. The minimum absolute atomic E-state index is 0.194. The lowest BCUT2D eigenvalue weighted by Gasteiger charge is -1.66. The smallest absolute Gasteiger partial charge is 0.192 e. The van der Waals surface area contributed by atoms with Gasteiger partial charge in [0.1, 0.15) is 4.32 Å². The van der Waals surface area contributed by atoms with Crippen molar-refractivity contribution in [1.29, 1.82) is 0 Å². The lowest BCUT2D eigenvalue weighted by Crippen LogP contribution is -1.97. The molecule has 0 spiro atoms. The van der Waals surface area contributed by atoms with Crippen molar-refractivity contribution in [3.8, 4) is 0 Å². The van der Waals surface area contributed by atoms with Crippen LogP contribution in [0.4, 0.5) is 0 Å². The van der Waals surface area contributed by atoms with E-state index in [1.165, 1.54) is 0 Å². The average Bonchev–Trinajstić information content (AvgIpc) is 2.15. The fourth-order valence-electron chi connectivity index (χ4n) is 0.688. The van der Waals surface area contributed by atoms with Crippen molar-refractivity contribution < 1.29 is 4.76 Å². The van der Waals surface area contributed by atoms with Gasteiger partial charge in [-0.2, -0.15) is 0 Å². The highest BCUT2D eigenvalue weighted by molar-refractivity contribution is 8.10. The summed E-state index contributed by atoms with van der Waals surface area (Å²) >= 11 is 7.65. The Morgan fingerprint density at radius 1 is 1.50 bits per heavy atom. The van der Waals surface area contributed by atoms with E-state index in [0.717, 1.165) is 30.7 Å². The van der Waals surface area contributed by atoms with Crippen LogP contribution < -0.4 is 5.73 Å². The molecule has 1 aliphatic heterocycles. The largest absolute Gasteiger partial charge is 0.385 e. The Morgan fingerprint density at radius 2 is 1.80 bits per heavy atom. The number of rotatable bonds is 0. The molecule has 0 aliphatic carbocycles. The first-order valence-corrected chi connectivity index (χ1v) is 3.89. The molecule has 2 N–H and O–H groups in total. The van der Waals surface area contributed by atoms with E-state index in [-0.39, 0.29) is 4.32 Å². The second-order valence-electron chi connectivity index (χ2n) is 1.97. The summed E-state index contributed by atoms with van der Waals surface area (Å²) in [6.45, 7) is 1.53. The second kappa shape index (κ2) is 5.61. The Kier molecular flexibility index (Phi) is 5.52. The van der Waals surface area contributed by atoms with E-state index in [4.69, 9.17) is 5.73 Å². The van der Waals surface area contributed by atoms with Gasteiger partial charge in [0.15, 0.2) is 13.1 Å². The maximum Gasteiger partial charge on any atom is 0.192 e. The van der Waals surface area contributed by atoms with Gasteiger partial charge in [-0.25, -0.2) is 0 Å². The molecule has 58 valence electrons. The summed E-state index contributed by atoms with van der Waals surface area (Å²) in [4.78, 5) is 10.2. The zero-order valence-corrected chi connectivity index (χ0v) is 7.33. The predicted molar refractivity (Wildman–Crippen MR) is 48.4 cm³/mol. The van der Waals surface area contributed by atoms with Gasteiger partial charge in [-0.1, -0.05) is 12.2 Å². The van der Waals surface area contributed by atoms with Gasteiger partial charge in [-0.3, -0.25) is 0 Å². The molecule has 0 aromatic heterocycles. The molecule has 10 heavy (non-hydrogen) atoms. The van der Waals surface area contributed by atoms with Crippen LogP contribution in [0.25, 0.3) is 0 Å². The molecule has 0 aromatic carbocycles. The van der Waals surface area contributed by atoms with Crippen LogP contribution >= 0.6 is 24.8 Å². The normalized spacial score (nSPS) is 15.9. The second-order valence-corrected chi connectivity index (χ2v) is 3.20. The topological polar surface area (TPSA) is 46.1 Å². The van der Waals surface area contributed by atoms with Gasteiger partial charge in [-0.05, 0) is 4.76 Å². The van der Waals surface area contributed by atoms with E-state index >= 15 is 0 Å². The highest BCUT2D eigenvalue weighted by Crippen LogP contribution is 1.98. The Morgan fingerprint density at radius 3 is 1.90 bits per heavy atom. The van der Waals surface area contributed by atoms with Crippen LogP contribution in [-0.4, -0.2) is 22.2 Å². The summed E-state index contributed by atoms with van der Waals surface area (Å²) in [6, 6.07) is 0. The van der Waals surface area contributed by atoms with Crippen LogP contribution in [0, 0.1) is 4.91 Å². The van der Waals surface area contributed by atoms with Crippen LogP contribution in [0.1, 0.15) is 12.8 Å². The van der Waals surface area contributed by atoms with E-state index < -0.39 is 0 Å². The standard InChI is InChI=1S/C4H8NO.CH3NS2/c6-5-3-1-2-4-5;2-1(3)4/h1-4H2;(H3,2,3,4)/q+1;. The monoisotopic (exact) mass is 179 g/mol. The number of nitrogens with two attached hydrogens (primary N) is 1. The summed E-state index contributed by atoms with van der Waals surface area (Å²) in [5.41, 5.74) is 4.71. The van der Waals surface area contributed by atoms with Gasteiger partial charge < -0.3 is 5.73 Å². The predicted octanol–water partition coefficient (Wildman–Crippen LogP) is 0.719. The number of hydrogen-bond acceptors (Lipinski definition) is 2. The Labute approximate surface area is 71.0 Å². The van der Waals surface area contributed by atoms with Crippen molar-refractivity contribution >= 4 is 29.2 Å². The highest BCUT2D eigenvalue weighted by Gasteiger charge is 2.14. The Bertz CT molecular complexity index is 126. The molecule has 0 atom stereocenters. The lowest BCUT2D eigenvalue weighted by atomic mass is 10.4. The molecule has 5 heteroatoms. The number of hydrogen-bond donors (Lipinski definition) is 2. The molecule has 0 amide bonds. The zero-order chi connectivity index (χ0) is 7.98. The van der Waals surface area contributed by atoms with E-state index in [0.29, 0.717) is 0 Å². The third kappa shape index (κ3) is 7.84. The first-order chi connectivity index (χ1) is 4.63. The van der Waals surface area contributed by atoms with Gasteiger partial charge in [0, 0.05) is 17.7 Å². The molecule has 1 saturated heterocycles. The molecule has 0 aromatic rings. The van der Waals surface area contributed by atoms with Gasteiger partial charge in [0.2, 0.25) is 0 Å². The van der Waals surface area contributed by atoms with E-state index in [1.807, 2.05) is 0 Å². The van der Waals surface area contributed by atoms with Crippen molar-refractivity contribution in [3.05, 3.63) is 4.91 Å². The maximum atomic E-state index is 10.2. The van der Waals surface area contributed by atoms with Crippen LogP contribution in [0.2, 0.25) is 0 Å². The average molecular weight is 179 g/mol. The van der Waals surface area contributed by atoms with E-state index in [1.54, 1.807) is 0 Å². The van der Waals surface area contributed by atoms with Gasteiger partial charge in [-0.15, -0.1) is 12.6 Å². The highest BCUT2D eigenvalue weighted by atomic mass is 32.1. The third-order valence-corrected chi connectivity index (χ3v) is 1.07. The fraction of sp³-hybridized carbons (Fsp3) is 0.800. The summed E-state index contributed by atoms with van der Waals surface area (Å²) in [5.74, 6) is 0. The molecule has 0 radical (unpaired) electrons. The van der Waals surface area contributed by atoms with Crippen molar-refractivity contribution in [2.24, 2.45) is 5.73 Å². The van der Waals surface area contributed by atoms with Crippen LogP contribution in [0.3, 0.4) is 0 Å². The number of nitrogens with zero attached hydrogens (tertiary/aromatic N) is 1. The van der Waals surface area contributed by atoms with Crippen LogP contribution in [0.5, 0.6) is 0 Å². The summed E-state index contributed by atoms with van der Waals surface area (Å²) in [6.07, 6.45) is 2.20. The molecule has 0 saturated carbocycles. The van der Waals surface area contributed by atoms with Gasteiger partial charge in [0.25, 0.3) is 0 Å². The molecule has 3 nitrogen and oxygen atoms in total. The third-order valence-electron chi connectivity index (χ3n) is 1.07. The van der Waals surface area contributed by atoms with E-state index in [2.05, 4.69) is 24.8 Å². The Hall–Kier alpha value is -0.160. The molecule has 0 unspecified atom stereocenters. The molecule has 1 fully saturated rings. The van der Waals surface area contributed by atoms with Crippen molar-refractivity contribution in [3.63, 3.8) is 0 Å². The van der Waals surface area contributed by atoms with Crippen molar-refractivity contribution in [2.75, 3.05) is 13.1 Å². The molecule has 0 bridgehead atoms. The number of thiol groups is 1. The first-order valence-electron chi connectivity index (χ1n) is 3.03. The minimum atomic E-state index is 0.194. The molecular weight excluding hydrogens is 168 g/mol. The summed E-state index contributed by atoms with van der Waals surface area (Å²) in [5, 5.41) is 0. The zero-order valence-electron chi connectivity index (χ0n) is 5.62. The minimum Gasteiger partial charge on any atom is -0.385 e. The lowest BCUT2D eigenvalue weighted by molar-refractivity contribution is -0.527. The number of thiocarbonyl (C=S) groups is 1. The first kappa shape index (κ1) is 9.84. The van der Waals surface area contributed by atoms with Crippen molar-refractivity contribution in [1.82, 2.24) is 0 Å². The molecule has 1 aliphatic rings.